The minimum atomic E-state index is -0.228. The molecule has 0 unspecified atom stereocenters. The van der Waals surface area contributed by atoms with Gasteiger partial charge in [-0.3, -0.25) is 4.79 Å². The zero-order valence-electron chi connectivity index (χ0n) is 10.7. The molecular formula is C11H16N2O5. The number of carbonyl (C=O) groups is 1. The number of hydrogen-bond donors (Lipinski definition) is 0. The fraction of sp³-hybridized carbons (Fsp3) is 0.364. The van der Waals surface area contributed by atoms with E-state index in [0.29, 0.717) is 11.4 Å². The van der Waals surface area contributed by atoms with E-state index in [1.54, 1.807) is 13.8 Å². The molecule has 7 nitrogen and oxygen atoms in total. The zero-order chi connectivity index (χ0) is 13.8. The van der Waals surface area contributed by atoms with Crippen molar-refractivity contribution in [2.45, 2.75) is 13.8 Å². The molecule has 0 radical (unpaired) electrons. The Labute approximate surface area is 105 Å². The summed E-state index contributed by atoms with van der Waals surface area (Å²) in [5.74, 6) is -0.228. The highest BCUT2D eigenvalue weighted by Gasteiger charge is 1.92. The van der Waals surface area contributed by atoms with Gasteiger partial charge in [-0.15, -0.1) is 0 Å². The van der Waals surface area contributed by atoms with Crippen molar-refractivity contribution in [1.82, 2.24) is 0 Å². The van der Waals surface area contributed by atoms with Crippen molar-refractivity contribution in [3.63, 3.8) is 0 Å². The van der Waals surface area contributed by atoms with Gasteiger partial charge in [0.2, 0.25) is 0 Å². The van der Waals surface area contributed by atoms with Crippen LogP contribution in [-0.4, -0.2) is 31.4 Å². The van der Waals surface area contributed by atoms with Crippen LogP contribution in [-0.2, 0) is 24.5 Å². The molecule has 0 aromatic heterocycles. The number of allylic oxidation sites excluding steroid dienone is 4. The molecule has 0 rings (SSSR count). The van der Waals surface area contributed by atoms with E-state index >= 15 is 0 Å². The molecule has 0 amide bonds. The Balaban J connectivity index is 4.26. The molecule has 100 valence electrons. The molecule has 0 fully saturated rings. The van der Waals surface area contributed by atoms with E-state index in [4.69, 9.17) is 0 Å². The fourth-order valence-corrected chi connectivity index (χ4v) is 0.714. The Bertz CT molecular complexity index is 338. The zero-order valence-corrected chi connectivity index (χ0v) is 10.7. The molecule has 0 aliphatic carbocycles. The third-order valence-electron chi connectivity index (χ3n) is 1.49. The third kappa shape index (κ3) is 9.25. The number of rotatable bonds is 8. The smallest absolute Gasteiger partial charge is 0.178 e. The van der Waals surface area contributed by atoms with E-state index in [9.17, 15) is 4.79 Å². The van der Waals surface area contributed by atoms with Gasteiger partial charge >= 0.3 is 0 Å². The lowest BCUT2D eigenvalue weighted by molar-refractivity contribution is -0.273. The average molecular weight is 256 g/mol. The summed E-state index contributed by atoms with van der Waals surface area (Å²) in [5.41, 5.74) is 0.985. The second kappa shape index (κ2) is 10.2. The van der Waals surface area contributed by atoms with Crippen LogP contribution in [0.5, 0.6) is 0 Å². The predicted octanol–water partition coefficient (Wildman–Crippen LogP) is 1.58. The standard InChI is InChI=1S/C11H16N2O5/c1-9(12-17-15-3)5-7-11(14)8-6-10(2)13-18-16-4/h5-8H,1-4H3/b7-5+,8-6+,12-9+,13-10+. The van der Waals surface area contributed by atoms with Crippen LogP contribution in [0, 0.1) is 0 Å². The molecule has 0 saturated carbocycles. The first-order valence-corrected chi connectivity index (χ1v) is 4.99. The van der Waals surface area contributed by atoms with Gasteiger partial charge in [0.25, 0.3) is 0 Å². The topological polar surface area (TPSA) is 78.7 Å². The van der Waals surface area contributed by atoms with Gasteiger partial charge in [0.15, 0.2) is 5.78 Å². The first-order valence-electron chi connectivity index (χ1n) is 4.99. The van der Waals surface area contributed by atoms with Crippen molar-refractivity contribution < 1.29 is 24.5 Å². The highest BCUT2D eigenvalue weighted by Crippen LogP contribution is 1.89. The Kier molecular flexibility index (Phi) is 9.06. The van der Waals surface area contributed by atoms with E-state index in [1.165, 1.54) is 38.5 Å². The first-order chi connectivity index (χ1) is 8.60. The second-order valence-electron chi connectivity index (χ2n) is 3.02. The normalized spacial score (nSPS) is 13.3. The highest BCUT2D eigenvalue weighted by atomic mass is 17.3. The van der Waals surface area contributed by atoms with Crippen LogP contribution in [0.4, 0.5) is 0 Å². The Morgan fingerprint density at radius 1 is 0.833 bits per heavy atom. The summed E-state index contributed by atoms with van der Waals surface area (Å²) in [6.07, 6.45) is 5.64. The van der Waals surface area contributed by atoms with E-state index < -0.39 is 0 Å². The van der Waals surface area contributed by atoms with Crippen LogP contribution in [0.3, 0.4) is 0 Å². The number of carbonyl (C=O) groups excluding carboxylic acids is 1. The third-order valence-corrected chi connectivity index (χ3v) is 1.49. The van der Waals surface area contributed by atoms with Crippen LogP contribution in [0.1, 0.15) is 13.8 Å². The van der Waals surface area contributed by atoms with Crippen LogP contribution < -0.4 is 0 Å². The minimum absolute atomic E-state index is 0.228. The van der Waals surface area contributed by atoms with Crippen LogP contribution in [0.25, 0.3) is 0 Å². The summed E-state index contributed by atoms with van der Waals surface area (Å²) in [6.45, 7) is 3.32. The number of ketones is 1. The molecule has 0 saturated heterocycles. The lowest BCUT2D eigenvalue weighted by Gasteiger charge is -1.92. The van der Waals surface area contributed by atoms with E-state index in [2.05, 4.69) is 30.1 Å². The van der Waals surface area contributed by atoms with Crippen molar-refractivity contribution in [1.29, 1.82) is 0 Å². The molecule has 0 aliphatic rings. The highest BCUT2D eigenvalue weighted by molar-refractivity contribution is 6.07. The predicted molar refractivity (Wildman–Crippen MR) is 65.7 cm³/mol. The SMILES string of the molecule is COO/N=C(C)/C=C/C(=O)/C=C/C(C)=N/OOC. The van der Waals surface area contributed by atoms with Crippen molar-refractivity contribution in [2.24, 2.45) is 10.3 Å². The number of nitrogens with zero attached hydrogens (tertiary/aromatic N) is 2. The fourth-order valence-electron chi connectivity index (χ4n) is 0.714. The maximum absolute atomic E-state index is 11.4. The molecule has 7 heteroatoms. The van der Waals surface area contributed by atoms with Gasteiger partial charge < -0.3 is 0 Å². The van der Waals surface area contributed by atoms with Gasteiger partial charge in [-0.25, -0.2) is 9.98 Å². The summed E-state index contributed by atoms with van der Waals surface area (Å²) in [5, 5.41) is 7.04. The summed E-state index contributed by atoms with van der Waals surface area (Å²) < 4.78 is 0. The van der Waals surface area contributed by atoms with Crippen molar-refractivity contribution in [3.8, 4) is 0 Å². The van der Waals surface area contributed by atoms with Gasteiger partial charge in [-0.2, -0.15) is 9.78 Å². The van der Waals surface area contributed by atoms with Gasteiger partial charge in [-0.1, -0.05) is 10.3 Å². The van der Waals surface area contributed by atoms with Gasteiger partial charge in [-0.05, 0) is 38.2 Å². The largest absolute Gasteiger partial charge is 0.290 e. The van der Waals surface area contributed by atoms with Crippen LogP contribution in [0.15, 0.2) is 34.6 Å². The molecule has 0 N–H and O–H groups in total. The summed E-state index contributed by atoms with van der Waals surface area (Å²) in [7, 11) is 2.66. The van der Waals surface area contributed by atoms with E-state index in [0.717, 1.165) is 0 Å². The molecule has 0 aliphatic heterocycles. The molecule has 0 aromatic carbocycles. The van der Waals surface area contributed by atoms with Gasteiger partial charge in [0.05, 0.1) is 25.6 Å². The molecule has 0 atom stereocenters. The monoisotopic (exact) mass is 256 g/mol. The van der Waals surface area contributed by atoms with Crippen molar-refractivity contribution in [3.05, 3.63) is 24.3 Å². The van der Waals surface area contributed by atoms with Crippen LogP contribution >= 0.6 is 0 Å². The Hall–Kier alpha value is -1.99. The maximum atomic E-state index is 11.4. The lowest BCUT2D eigenvalue weighted by atomic mass is 10.2. The Morgan fingerprint density at radius 2 is 1.22 bits per heavy atom. The van der Waals surface area contributed by atoms with Gasteiger partial charge in [0, 0.05) is 0 Å². The Morgan fingerprint density at radius 3 is 1.56 bits per heavy atom. The summed E-state index contributed by atoms with van der Waals surface area (Å²) in [4.78, 5) is 28.6. The van der Waals surface area contributed by atoms with E-state index in [-0.39, 0.29) is 5.78 Å². The number of oxime groups is 2. The maximum Gasteiger partial charge on any atom is 0.178 e. The lowest BCUT2D eigenvalue weighted by Crippen LogP contribution is -1.94. The minimum Gasteiger partial charge on any atom is -0.290 e. The first kappa shape index (κ1) is 16.0. The average Bonchev–Trinajstić information content (AvgIpc) is 2.37. The molecule has 0 aromatic rings. The second-order valence-corrected chi connectivity index (χ2v) is 3.02. The molecule has 0 spiro atoms. The summed E-state index contributed by atoms with van der Waals surface area (Å²) >= 11 is 0. The quantitative estimate of drug-likeness (QED) is 0.285. The summed E-state index contributed by atoms with van der Waals surface area (Å²) in [6, 6.07) is 0. The van der Waals surface area contributed by atoms with Gasteiger partial charge in [0.1, 0.15) is 0 Å². The molecule has 0 heterocycles. The number of hydrogen-bond acceptors (Lipinski definition) is 7. The molecular weight excluding hydrogens is 240 g/mol. The molecule has 18 heavy (non-hydrogen) atoms. The van der Waals surface area contributed by atoms with Crippen molar-refractivity contribution >= 4 is 17.2 Å². The van der Waals surface area contributed by atoms with E-state index in [1.807, 2.05) is 0 Å². The van der Waals surface area contributed by atoms with Crippen LogP contribution in [0.2, 0.25) is 0 Å². The molecule has 0 bridgehead atoms. The van der Waals surface area contributed by atoms with Crippen molar-refractivity contribution in [2.75, 3.05) is 14.2 Å².